The number of hydrogen-bond donors (Lipinski definition) is 1. The molecule has 6 nitrogen and oxygen atoms in total. The summed E-state index contributed by atoms with van der Waals surface area (Å²) in [7, 11) is 0. The minimum Gasteiger partial charge on any atom is -0.372 e. The lowest BCUT2D eigenvalue weighted by Crippen LogP contribution is -2.21. The van der Waals surface area contributed by atoms with Gasteiger partial charge in [-0.3, -0.25) is 4.79 Å². The molecule has 0 atom stereocenters. The summed E-state index contributed by atoms with van der Waals surface area (Å²) in [6.07, 6.45) is 0. The van der Waals surface area contributed by atoms with Gasteiger partial charge < -0.3 is 10.6 Å². The van der Waals surface area contributed by atoms with E-state index in [4.69, 9.17) is 5.73 Å². The van der Waals surface area contributed by atoms with Crippen LogP contribution in [-0.4, -0.2) is 34.0 Å². The first kappa shape index (κ1) is 14.0. The molecule has 1 heterocycles. The summed E-state index contributed by atoms with van der Waals surface area (Å²) in [5, 5.41) is 7.78. The largest absolute Gasteiger partial charge is 0.372 e. The third kappa shape index (κ3) is 2.49. The number of carbonyl (C=O) groups is 1. The number of anilines is 1. The first-order valence-electron chi connectivity index (χ1n) is 6.66. The average molecular weight is 273 g/mol. The summed E-state index contributed by atoms with van der Waals surface area (Å²) in [6, 6.07) is 7.99. The number of aromatic nitrogens is 3. The number of nitrogens with two attached hydrogens (primary N) is 1. The van der Waals surface area contributed by atoms with Crippen LogP contribution < -0.4 is 10.6 Å². The highest BCUT2D eigenvalue weighted by molar-refractivity contribution is 5.91. The second-order valence-electron chi connectivity index (χ2n) is 4.49. The maximum absolute atomic E-state index is 11.2. The van der Waals surface area contributed by atoms with E-state index < -0.39 is 5.91 Å². The zero-order chi connectivity index (χ0) is 14.7. The van der Waals surface area contributed by atoms with Crippen LogP contribution in [0.3, 0.4) is 0 Å². The van der Waals surface area contributed by atoms with Crippen LogP contribution in [0, 0.1) is 6.92 Å². The highest BCUT2D eigenvalue weighted by Crippen LogP contribution is 2.18. The molecule has 1 aromatic heterocycles. The molecule has 0 saturated carbocycles. The third-order valence-electron chi connectivity index (χ3n) is 3.35. The molecule has 106 valence electrons. The van der Waals surface area contributed by atoms with Crippen molar-refractivity contribution in [2.75, 3.05) is 18.0 Å². The molecule has 2 rings (SSSR count). The topological polar surface area (TPSA) is 77.0 Å². The predicted octanol–water partition coefficient (Wildman–Crippen LogP) is 1.52. The van der Waals surface area contributed by atoms with Gasteiger partial charge in [0.15, 0.2) is 5.69 Å². The number of nitrogens with zero attached hydrogens (tertiary/aromatic N) is 4. The molecular weight excluding hydrogens is 254 g/mol. The minimum atomic E-state index is -0.562. The molecule has 0 spiro atoms. The van der Waals surface area contributed by atoms with Crippen molar-refractivity contribution in [3.63, 3.8) is 0 Å². The van der Waals surface area contributed by atoms with Crippen molar-refractivity contribution < 1.29 is 4.79 Å². The summed E-state index contributed by atoms with van der Waals surface area (Å²) in [6.45, 7) is 7.95. The molecule has 0 radical (unpaired) electrons. The Balaban J connectivity index is 2.33. The van der Waals surface area contributed by atoms with E-state index in [1.165, 1.54) is 0 Å². The molecule has 20 heavy (non-hydrogen) atoms. The molecule has 0 unspecified atom stereocenters. The van der Waals surface area contributed by atoms with E-state index in [0.717, 1.165) is 24.5 Å². The van der Waals surface area contributed by atoms with Gasteiger partial charge in [0.1, 0.15) is 0 Å². The molecule has 2 aromatic rings. The Morgan fingerprint density at radius 2 is 1.85 bits per heavy atom. The molecule has 0 aliphatic heterocycles. The van der Waals surface area contributed by atoms with Gasteiger partial charge in [0.05, 0.1) is 11.4 Å². The van der Waals surface area contributed by atoms with E-state index in [9.17, 15) is 4.79 Å². The van der Waals surface area contributed by atoms with Gasteiger partial charge in [-0.25, -0.2) is 4.68 Å². The van der Waals surface area contributed by atoms with Crippen LogP contribution in [0.1, 0.15) is 30.0 Å². The molecule has 2 N–H and O–H groups in total. The fraction of sp³-hybridized carbons (Fsp3) is 0.357. The quantitative estimate of drug-likeness (QED) is 0.896. The van der Waals surface area contributed by atoms with E-state index in [0.29, 0.717) is 5.69 Å². The molecule has 1 aromatic carbocycles. The van der Waals surface area contributed by atoms with Crippen LogP contribution in [-0.2, 0) is 0 Å². The van der Waals surface area contributed by atoms with Crippen molar-refractivity contribution in [2.45, 2.75) is 20.8 Å². The predicted molar refractivity (Wildman–Crippen MR) is 78.2 cm³/mol. The molecule has 6 heteroatoms. The Labute approximate surface area is 118 Å². The van der Waals surface area contributed by atoms with E-state index >= 15 is 0 Å². The van der Waals surface area contributed by atoms with Crippen LogP contribution >= 0.6 is 0 Å². The summed E-state index contributed by atoms with van der Waals surface area (Å²) < 4.78 is 1.62. The number of rotatable bonds is 5. The van der Waals surface area contributed by atoms with Gasteiger partial charge in [-0.05, 0) is 45.0 Å². The first-order valence-corrected chi connectivity index (χ1v) is 6.66. The van der Waals surface area contributed by atoms with Crippen molar-refractivity contribution in [3.05, 3.63) is 35.7 Å². The van der Waals surface area contributed by atoms with E-state index in [1.807, 2.05) is 24.3 Å². The van der Waals surface area contributed by atoms with Crippen molar-refractivity contribution in [1.82, 2.24) is 15.0 Å². The maximum atomic E-state index is 11.2. The summed E-state index contributed by atoms with van der Waals surface area (Å²) in [4.78, 5) is 13.4. The summed E-state index contributed by atoms with van der Waals surface area (Å²) in [5.74, 6) is -0.562. The van der Waals surface area contributed by atoms with Gasteiger partial charge in [-0.15, -0.1) is 5.10 Å². The van der Waals surface area contributed by atoms with E-state index in [2.05, 4.69) is 29.1 Å². The lowest BCUT2D eigenvalue weighted by molar-refractivity contribution is 0.0995. The number of hydrogen-bond acceptors (Lipinski definition) is 4. The van der Waals surface area contributed by atoms with Crippen molar-refractivity contribution in [1.29, 1.82) is 0 Å². The van der Waals surface area contributed by atoms with Gasteiger partial charge in [0, 0.05) is 18.8 Å². The highest BCUT2D eigenvalue weighted by atomic mass is 16.1. The molecular formula is C14H19N5O. The first-order chi connectivity index (χ1) is 9.58. The van der Waals surface area contributed by atoms with Crippen LogP contribution in [0.5, 0.6) is 0 Å². The van der Waals surface area contributed by atoms with Crippen molar-refractivity contribution in [2.24, 2.45) is 5.73 Å². The van der Waals surface area contributed by atoms with Crippen LogP contribution in [0.15, 0.2) is 24.3 Å². The molecule has 0 aliphatic carbocycles. The van der Waals surface area contributed by atoms with Gasteiger partial charge in [0.2, 0.25) is 0 Å². The van der Waals surface area contributed by atoms with Crippen molar-refractivity contribution in [3.8, 4) is 5.69 Å². The smallest absolute Gasteiger partial charge is 0.271 e. The Morgan fingerprint density at radius 1 is 1.25 bits per heavy atom. The average Bonchev–Trinajstić information content (AvgIpc) is 2.83. The van der Waals surface area contributed by atoms with E-state index in [-0.39, 0.29) is 5.69 Å². The zero-order valence-corrected chi connectivity index (χ0v) is 12.0. The number of carbonyl (C=O) groups excluding carboxylic acids is 1. The van der Waals surface area contributed by atoms with Crippen LogP contribution in [0.25, 0.3) is 5.69 Å². The second kappa shape index (κ2) is 5.73. The fourth-order valence-electron chi connectivity index (χ4n) is 2.20. The maximum Gasteiger partial charge on any atom is 0.271 e. The Kier molecular flexibility index (Phi) is 4.02. The monoisotopic (exact) mass is 273 g/mol. The molecule has 0 aliphatic rings. The number of primary amides is 1. The summed E-state index contributed by atoms with van der Waals surface area (Å²) >= 11 is 0. The molecule has 1 amide bonds. The Bertz CT molecular complexity index is 599. The standard InChI is InChI=1S/C14H19N5O/c1-4-18(5-2)11-6-8-12(9-7-11)19-10(3)13(14(15)20)16-17-19/h6-9H,4-5H2,1-3H3,(H2,15,20). The van der Waals surface area contributed by atoms with Gasteiger partial charge in [0.25, 0.3) is 5.91 Å². The summed E-state index contributed by atoms with van der Waals surface area (Å²) in [5.41, 5.74) is 8.12. The number of benzene rings is 1. The lowest BCUT2D eigenvalue weighted by Gasteiger charge is -2.21. The minimum absolute atomic E-state index is 0.206. The van der Waals surface area contributed by atoms with Crippen LogP contribution in [0.2, 0.25) is 0 Å². The zero-order valence-electron chi connectivity index (χ0n) is 12.0. The number of amides is 1. The van der Waals surface area contributed by atoms with E-state index in [1.54, 1.807) is 11.6 Å². The lowest BCUT2D eigenvalue weighted by atomic mass is 10.2. The second-order valence-corrected chi connectivity index (χ2v) is 4.49. The van der Waals surface area contributed by atoms with Gasteiger partial charge in [-0.1, -0.05) is 5.21 Å². The fourth-order valence-corrected chi connectivity index (χ4v) is 2.20. The van der Waals surface area contributed by atoms with Gasteiger partial charge >= 0.3 is 0 Å². The molecule has 0 saturated heterocycles. The highest BCUT2D eigenvalue weighted by Gasteiger charge is 2.14. The van der Waals surface area contributed by atoms with Crippen LogP contribution in [0.4, 0.5) is 5.69 Å². The van der Waals surface area contributed by atoms with Gasteiger partial charge in [-0.2, -0.15) is 0 Å². The molecule has 0 bridgehead atoms. The normalized spacial score (nSPS) is 10.6. The third-order valence-corrected chi connectivity index (χ3v) is 3.35. The van der Waals surface area contributed by atoms with Crippen molar-refractivity contribution >= 4 is 11.6 Å². The Hall–Kier alpha value is -2.37. The molecule has 0 fully saturated rings. The Morgan fingerprint density at radius 3 is 2.30 bits per heavy atom. The SMILES string of the molecule is CCN(CC)c1ccc(-n2nnc(C(N)=O)c2C)cc1.